The molecule has 2 aliphatic rings. The lowest BCUT2D eigenvalue weighted by Gasteiger charge is -2.20. The minimum absolute atomic E-state index is 0.0771. The second kappa shape index (κ2) is 7.53. The molecule has 1 atom stereocenters. The van der Waals surface area contributed by atoms with Gasteiger partial charge in [0.15, 0.2) is 0 Å². The monoisotopic (exact) mass is 333 g/mol. The van der Waals surface area contributed by atoms with E-state index in [9.17, 15) is 9.59 Å². The van der Waals surface area contributed by atoms with Crippen LogP contribution in [-0.2, 0) is 9.53 Å². The molecule has 0 bridgehead atoms. The third-order valence-electron chi connectivity index (χ3n) is 4.32. The Balaban J connectivity index is 1.64. The number of methoxy groups -OCH3 is 1. The highest BCUT2D eigenvalue weighted by atomic mass is 16.5. The predicted molar refractivity (Wildman–Crippen MR) is 90.6 cm³/mol. The summed E-state index contributed by atoms with van der Waals surface area (Å²) in [7, 11) is 1.57. The minimum Gasteiger partial charge on any atom is -0.495 e. The molecule has 2 N–H and O–H groups in total. The van der Waals surface area contributed by atoms with Gasteiger partial charge < -0.3 is 25.0 Å². The molecular weight excluding hydrogens is 310 g/mol. The predicted octanol–water partition coefficient (Wildman–Crippen LogP) is 2.12. The van der Waals surface area contributed by atoms with E-state index in [1.807, 2.05) is 0 Å². The van der Waals surface area contributed by atoms with Crippen molar-refractivity contribution < 1.29 is 19.1 Å². The van der Waals surface area contributed by atoms with Crippen LogP contribution in [0, 0.1) is 0 Å². The first kappa shape index (κ1) is 16.6. The van der Waals surface area contributed by atoms with E-state index in [4.69, 9.17) is 9.47 Å². The van der Waals surface area contributed by atoms with Gasteiger partial charge in [0.25, 0.3) is 0 Å². The summed E-state index contributed by atoms with van der Waals surface area (Å²) in [4.78, 5) is 25.7. The summed E-state index contributed by atoms with van der Waals surface area (Å²) in [6, 6.07) is 5.01. The number of anilines is 2. The Bertz CT molecular complexity index is 614. The van der Waals surface area contributed by atoms with Crippen LogP contribution in [0.15, 0.2) is 18.2 Å². The van der Waals surface area contributed by atoms with Gasteiger partial charge in [-0.1, -0.05) is 0 Å². The van der Waals surface area contributed by atoms with Crippen molar-refractivity contribution in [3.8, 4) is 5.75 Å². The third-order valence-corrected chi connectivity index (χ3v) is 4.32. The minimum atomic E-state index is -0.283. The molecule has 0 radical (unpaired) electrons. The fourth-order valence-electron chi connectivity index (χ4n) is 3.07. The summed E-state index contributed by atoms with van der Waals surface area (Å²) in [5, 5.41) is 5.61. The molecule has 7 heteroatoms. The largest absolute Gasteiger partial charge is 0.495 e. The van der Waals surface area contributed by atoms with Crippen molar-refractivity contribution in [2.24, 2.45) is 0 Å². The Hall–Kier alpha value is -2.28. The average molecular weight is 333 g/mol. The Morgan fingerprint density at radius 2 is 2.29 bits per heavy atom. The van der Waals surface area contributed by atoms with Crippen LogP contribution in [0.3, 0.4) is 0 Å². The zero-order chi connectivity index (χ0) is 16.9. The van der Waals surface area contributed by atoms with Crippen LogP contribution in [0.5, 0.6) is 5.75 Å². The first-order valence-electron chi connectivity index (χ1n) is 8.32. The second-order valence-electron chi connectivity index (χ2n) is 6.01. The standard InChI is InChI=1S/C17H23N3O4/c1-23-15-7-6-12(10-14(15)20-8-2-5-16(20)21)19-17(22)18-11-13-4-3-9-24-13/h6-7,10,13H,2-5,8-9,11H2,1H3,(H2,18,19,22)/t13-/m1/s1. The lowest BCUT2D eigenvalue weighted by molar-refractivity contribution is -0.117. The zero-order valence-corrected chi connectivity index (χ0v) is 13.8. The van der Waals surface area contributed by atoms with Gasteiger partial charge in [-0.3, -0.25) is 4.79 Å². The van der Waals surface area contributed by atoms with Gasteiger partial charge in [0.2, 0.25) is 5.91 Å². The number of rotatable bonds is 5. The van der Waals surface area contributed by atoms with E-state index in [0.29, 0.717) is 36.6 Å². The first-order chi connectivity index (χ1) is 11.7. The molecule has 2 fully saturated rings. The molecule has 0 unspecified atom stereocenters. The molecule has 0 aliphatic carbocycles. The summed E-state index contributed by atoms with van der Waals surface area (Å²) in [6.07, 6.45) is 3.50. The maximum absolute atomic E-state index is 12.0. The number of hydrogen-bond donors (Lipinski definition) is 2. The van der Waals surface area contributed by atoms with E-state index in [0.717, 1.165) is 25.9 Å². The third kappa shape index (κ3) is 3.79. The van der Waals surface area contributed by atoms with Crippen molar-refractivity contribution in [1.29, 1.82) is 0 Å². The number of benzene rings is 1. The van der Waals surface area contributed by atoms with E-state index >= 15 is 0 Å². The SMILES string of the molecule is COc1ccc(NC(=O)NC[C@H]2CCCO2)cc1N1CCCC1=O. The van der Waals surface area contributed by atoms with Crippen molar-refractivity contribution in [2.75, 3.05) is 37.0 Å². The van der Waals surface area contributed by atoms with E-state index in [-0.39, 0.29) is 18.0 Å². The van der Waals surface area contributed by atoms with Gasteiger partial charge in [-0.15, -0.1) is 0 Å². The molecule has 130 valence electrons. The molecule has 3 rings (SSSR count). The van der Waals surface area contributed by atoms with E-state index in [1.54, 1.807) is 30.2 Å². The summed E-state index contributed by atoms with van der Waals surface area (Å²) < 4.78 is 10.8. The number of amides is 3. The van der Waals surface area contributed by atoms with Crippen molar-refractivity contribution in [1.82, 2.24) is 5.32 Å². The fourth-order valence-corrected chi connectivity index (χ4v) is 3.07. The fraction of sp³-hybridized carbons (Fsp3) is 0.529. The smallest absolute Gasteiger partial charge is 0.319 e. The van der Waals surface area contributed by atoms with Crippen LogP contribution < -0.4 is 20.3 Å². The molecule has 24 heavy (non-hydrogen) atoms. The number of ether oxygens (including phenoxy) is 2. The second-order valence-corrected chi connectivity index (χ2v) is 6.01. The van der Waals surface area contributed by atoms with Gasteiger partial charge in [0.1, 0.15) is 5.75 Å². The van der Waals surface area contributed by atoms with Gasteiger partial charge in [-0.05, 0) is 37.5 Å². The topological polar surface area (TPSA) is 79.9 Å². The molecule has 2 aliphatic heterocycles. The molecule has 2 saturated heterocycles. The van der Waals surface area contributed by atoms with Crippen molar-refractivity contribution in [3.05, 3.63) is 18.2 Å². The number of nitrogens with zero attached hydrogens (tertiary/aromatic N) is 1. The number of carbonyl (C=O) groups excluding carboxylic acids is 2. The molecule has 1 aromatic carbocycles. The number of hydrogen-bond acceptors (Lipinski definition) is 4. The average Bonchev–Trinajstić information content (AvgIpc) is 3.24. The van der Waals surface area contributed by atoms with Crippen LogP contribution in [0.1, 0.15) is 25.7 Å². The number of nitrogens with one attached hydrogen (secondary N) is 2. The maximum atomic E-state index is 12.0. The molecule has 7 nitrogen and oxygen atoms in total. The lowest BCUT2D eigenvalue weighted by Crippen LogP contribution is -2.35. The van der Waals surface area contributed by atoms with Crippen molar-refractivity contribution in [2.45, 2.75) is 31.8 Å². The highest BCUT2D eigenvalue weighted by molar-refractivity contribution is 5.98. The summed E-state index contributed by atoms with van der Waals surface area (Å²) >= 11 is 0. The van der Waals surface area contributed by atoms with E-state index in [2.05, 4.69) is 10.6 Å². The molecule has 0 aromatic heterocycles. The lowest BCUT2D eigenvalue weighted by atomic mass is 10.2. The van der Waals surface area contributed by atoms with Crippen LogP contribution in [0.25, 0.3) is 0 Å². The van der Waals surface area contributed by atoms with Gasteiger partial charge in [0.05, 0.1) is 18.9 Å². The maximum Gasteiger partial charge on any atom is 0.319 e. The Morgan fingerprint density at radius 1 is 1.42 bits per heavy atom. The molecule has 0 spiro atoms. The highest BCUT2D eigenvalue weighted by Crippen LogP contribution is 2.33. The highest BCUT2D eigenvalue weighted by Gasteiger charge is 2.25. The first-order valence-corrected chi connectivity index (χ1v) is 8.32. The quantitative estimate of drug-likeness (QED) is 0.865. The van der Waals surface area contributed by atoms with E-state index in [1.165, 1.54) is 0 Å². The van der Waals surface area contributed by atoms with Gasteiger partial charge in [-0.2, -0.15) is 0 Å². The normalized spacial score (nSPS) is 20.3. The van der Waals surface area contributed by atoms with Crippen LogP contribution in [0.2, 0.25) is 0 Å². The van der Waals surface area contributed by atoms with Gasteiger partial charge >= 0.3 is 6.03 Å². The van der Waals surface area contributed by atoms with Crippen LogP contribution in [-0.4, -0.2) is 44.8 Å². The molecule has 1 aromatic rings. The Morgan fingerprint density at radius 3 is 2.96 bits per heavy atom. The van der Waals surface area contributed by atoms with Crippen molar-refractivity contribution >= 4 is 23.3 Å². The Labute approximate surface area is 141 Å². The van der Waals surface area contributed by atoms with Crippen LogP contribution in [0.4, 0.5) is 16.2 Å². The van der Waals surface area contributed by atoms with Crippen LogP contribution >= 0.6 is 0 Å². The molecule has 0 saturated carbocycles. The van der Waals surface area contributed by atoms with Gasteiger partial charge in [-0.25, -0.2) is 4.79 Å². The summed E-state index contributed by atoms with van der Waals surface area (Å²) in [6.45, 7) is 1.93. The molecule has 2 heterocycles. The Kier molecular flexibility index (Phi) is 5.20. The molecule has 3 amide bonds. The summed E-state index contributed by atoms with van der Waals surface area (Å²) in [5.41, 5.74) is 1.31. The van der Waals surface area contributed by atoms with Crippen molar-refractivity contribution in [3.63, 3.8) is 0 Å². The number of urea groups is 1. The van der Waals surface area contributed by atoms with Gasteiger partial charge in [0, 0.05) is 31.8 Å². The zero-order valence-electron chi connectivity index (χ0n) is 13.8. The summed E-state index contributed by atoms with van der Waals surface area (Å²) in [5.74, 6) is 0.698. The van der Waals surface area contributed by atoms with E-state index < -0.39 is 0 Å². The molecular formula is C17H23N3O4. The number of carbonyl (C=O) groups is 2.